The van der Waals surface area contributed by atoms with Crippen LogP contribution in [-0.2, 0) is 0 Å². The summed E-state index contributed by atoms with van der Waals surface area (Å²) in [6.45, 7) is 2.78. The maximum atomic E-state index is 5.74. The first kappa shape index (κ1) is 12.4. The summed E-state index contributed by atoms with van der Waals surface area (Å²) >= 11 is 0. The molecule has 0 aliphatic heterocycles. The second kappa shape index (κ2) is 6.06. The van der Waals surface area contributed by atoms with Gasteiger partial charge in [0, 0.05) is 11.6 Å². The van der Waals surface area contributed by atoms with E-state index >= 15 is 0 Å². The summed E-state index contributed by atoms with van der Waals surface area (Å²) < 4.78 is 5.74. The van der Waals surface area contributed by atoms with Crippen molar-refractivity contribution >= 4 is 0 Å². The Kier molecular flexibility index (Phi) is 4.43. The molecule has 1 aliphatic rings. The lowest BCUT2D eigenvalue weighted by Gasteiger charge is -2.25. The summed E-state index contributed by atoms with van der Waals surface area (Å²) in [4.78, 5) is 0. The third kappa shape index (κ3) is 2.81. The third-order valence-electron chi connectivity index (χ3n) is 3.74. The topological polar surface area (TPSA) is 21.3 Å². The summed E-state index contributed by atoms with van der Waals surface area (Å²) in [5, 5.41) is 3.48. The van der Waals surface area contributed by atoms with Gasteiger partial charge in [0.25, 0.3) is 0 Å². The smallest absolute Gasteiger partial charge is 0.124 e. The molecule has 0 saturated heterocycles. The molecule has 2 rings (SSSR count). The van der Waals surface area contributed by atoms with Crippen LogP contribution in [0.3, 0.4) is 0 Å². The predicted molar refractivity (Wildman–Crippen MR) is 71.4 cm³/mol. The second-order valence-electron chi connectivity index (χ2n) is 4.78. The Morgan fingerprint density at radius 3 is 2.65 bits per heavy atom. The van der Waals surface area contributed by atoms with E-state index < -0.39 is 0 Å². The number of benzene rings is 1. The first-order valence-electron chi connectivity index (χ1n) is 6.75. The van der Waals surface area contributed by atoms with E-state index in [0.29, 0.717) is 6.04 Å². The average molecular weight is 233 g/mol. The maximum absolute atomic E-state index is 5.74. The van der Waals surface area contributed by atoms with Crippen molar-refractivity contribution in [3.05, 3.63) is 29.8 Å². The Balaban J connectivity index is 2.22. The van der Waals surface area contributed by atoms with Gasteiger partial charge in [-0.15, -0.1) is 0 Å². The number of para-hydroxylation sites is 1. The molecule has 1 aromatic carbocycles. The van der Waals surface area contributed by atoms with Gasteiger partial charge in [-0.25, -0.2) is 0 Å². The van der Waals surface area contributed by atoms with Crippen molar-refractivity contribution in [3.8, 4) is 5.75 Å². The van der Waals surface area contributed by atoms with Crippen molar-refractivity contribution in [2.24, 2.45) is 5.92 Å². The molecular weight excluding hydrogens is 210 g/mol. The zero-order valence-electron chi connectivity index (χ0n) is 10.9. The van der Waals surface area contributed by atoms with Crippen molar-refractivity contribution in [2.45, 2.75) is 38.6 Å². The van der Waals surface area contributed by atoms with Gasteiger partial charge in [0.05, 0.1) is 6.61 Å². The normalized spacial score (nSPS) is 18.2. The van der Waals surface area contributed by atoms with Gasteiger partial charge in [-0.05, 0) is 38.8 Å². The van der Waals surface area contributed by atoms with Crippen LogP contribution in [0.25, 0.3) is 0 Å². The molecular formula is C15H23NO. The Morgan fingerprint density at radius 1 is 1.29 bits per heavy atom. The number of hydrogen-bond donors (Lipinski definition) is 1. The van der Waals surface area contributed by atoms with Crippen LogP contribution in [0.4, 0.5) is 0 Å². The molecule has 0 spiro atoms. The lowest BCUT2D eigenvalue weighted by Crippen LogP contribution is -2.24. The van der Waals surface area contributed by atoms with E-state index in [9.17, 15) is 0 Å². The first-order chi connectivity index (χ1) is 8.36. The Hall–Kier alpha value is -1.02. The van der Waals surface area contributed by atoms with E-state index in [2.05, 4.69) is 36.6 Å². The predicted octanol–water partition coefficient (Wildman–Crippen LogP) is 3.54. The molecule has 1 fully saturated rings. The Labute approximate surface area is 104 Å². The van der Waals surface area contributed by atoms with Gasteiger partial charge < -0.3 is 10.1 Å². The van der Waals surface area contributed by atoms with E-state index in [0.717, 1.165) is 18.3 Å². The standard InChI is InChI=1S/C15H23NO/c1-3-17-14-11-7-6-10-13(14)15(16-2)12-8-4-5-9-12/h6-7,10-12,15-16H,3-5,8-9H2,1-2H3. The van der Waals surface area contributed by atoms with E-state index in [1.165, 1.54) is 31.2 Å². The highest BCUT2D eigenvalue weighted by atomic mass is 16.5. The highest BCUT2D eigenvalue weighted by Gasteiger charge is 2.26. The zero-order chi connectivity index (χ0) is 12.1. The molecule has 1 atom stereocenters. The van der Waals surface area contributed by atoms with Crippen LogP contribution in [0.2, 0.25) is 0 Å². The fraction of sp³-hybridized carbons (Fsp3) is 0.600. The SMILES string of the molecule is CCOc1ccccc1C(NC)C1CCCC1. The summed E-state index contributed by atoms with van der Waals surface area (Å²) in [5.74, 6) is 1.81. The molecule has 1 aliphatic carbocycles. The molecule has 2 nitrogen and oxygen atoms in total. The minimum atomic E-state index is 0.445. The van der Waals surface area contributed by atoms with Gasteiger partial charge in [0.1, 0.15) is 5.75 Å². The lowest BCUT2D eigenvalue weighted by atomic mass is 9.91. The van der Waals surface area contributed by atoms with Crippen LogP contribution in [0, 0.1) is 5.92 Å². The van der Waals surface area contributed by atoms with Crippen LogP contribution >= 0.6 is 0 Å². The van der Waals surface area contributed by atoms with E-state index in [-0.39, 0.29) is 0 Å². The number of ether oxygens (including phenoxy) is 1. The minimum absolute atomic E-state index is 0.445. The Bertz CT molecular complexity index is 345. The van der Waals surface area contributed by atoms with E-state index in [1.807, 2.05) is 6.92 Å². The molecule has 1 aromatic rings. The van der Waals surface area contributed by atoms with Crippen molar-refractivity contribution in [2.75, 3.05) is 13.7 Å². The van der Waals surface area contributed by atoms with Crippen molar-refractivity contribution in [3.63, 3.8) is 0 Å². The molecule has 1 saturated carbocycles. The minimum Gasteiger partial charge on any atom is -0.494 e. The van der Waals surface area contributed by atoms with E-state index in [1.54, 1.807) is 0 Å². The van der Waals surface area contributed by atoms with Crippen LogP contribution in [0.5, 0.6) is 5.75 Å². The highest BCUT2D eigenvalue weighted by molar-refractivity contribution is 5.36. The fourth-order valence-electron chi connectivity index (χ4n) is 2.96. The quantitative estimate of drug-likeness (QED) is 0.840. The molecule has 1 unspecified atom stereocenters. The van der Waals surface area contributed by atoms with Gasteiger partial charge in [0.15, 0.2) is 0 Å². The fourth-order valence-corrected chi connectivity index (χ4v) is 2.96. The summed E-state index contributed by atoms with van der Waals surface area (Å²) in [7, 11) is 2.06. The molecule has 0 heterocycles. The molecule has 0 bridgehead atoms. The third-order valence-corrected chi connectivity index (χ3v) is 3.74. The molecule has 1 N–H and O–H groups in total. The lowest BCUT2D eigenvalue weighted by molar-refractivity contribution is 0.319. The first-order valence-corrected chi connectivity index (χ1v) is 6.75. The molecule has 94 valence electrons. The maximum Gasteiger partial charge on any atom is 0.124 e. The molecule has 2 heteroatoms. The molecule has 0 radical (unpaired) electrons. The summed E-state index contributed by atoms with van der Waals surface area (Å²) in [6, 6.07) is 8.88. The van der Waals surface area contributed by atoms with Gasteiger partial charge in [0.2, 0.25) is 0 Å². The van der Waals surface area contributed by atoms with Gasteiger partial charge in [-0.1, -0.05) is 31.0 Å². The summed E-state index contributed by atoms with van der Waals surface area (Å²) in [6.07, 6.45) is 5.43. The monoisotopic (exact) mass is 233 g/mol. The number of hydrogen-bond acceptors (Lipinski definition) is 2. The molecule has 17 heavy (non-hydrogen) atoms. The van der Waals surface area contributed by atoms with Gasteiger partial charge in [-0.2, -0.15) is 0 Å². The highest BCUT2D eigenvalue weighted by Crippen LogP contribution is 2.38. The van der Waals surface area contributed by atoms with Gasteiger partial charge in [-0.3, -0.25) is 0 Å². The molecule has 0 aromatic heterocycles. The van der Waals surface area contributed by atoms with Crippen LogP contribution in [0.15, 0.2) is 24.3 Å². The van der Waals surface area contributed by atoms with Crippen LogP contribution in [0.1, 0.15) is 44.2 Å². The van der Waals surface area contributed by atoms with Crippen molar-refractivity contribution in [1.82, 2.24) is 5.32 Å². The second-order valence-corrected chi connectivity index (χ2v) is 4.78. The average Bonchev–Trinajstić information content (AvgIpc) is 2.86. The number of rotatable bonds is 5. The van der Waals surface area contributed by atoms with Crippen molar-refractivity contribution in [1.29, 1.82) is 0 Å². The zero-order valence-corrected chi connectivity index (χ0v) is 10.9. The van der Waals surface area contributed by atoms with E-state index in [4.69, 9.17) is 4.74 Å². The van der Waals surface area contributed by atoms with Crippen molar-refractivity contribution < 1.29 is 4.74 Å². The van der Waals surface area contributed by atoms with Crippen LogP contribution < -0.4 is 10.1 Å². The van der Waals surface area contributed by atoms with Gasteiger partial charge >= 0.3 is 0 Å². The Morgan fingerprint density at radius 2 is 2.00 bits per heavy atom. The largest absolute Gasteiger partial charge is 0.494 e. The number of nitrogens with one attached hydrogen (secondary N) is 1. The molecule has 0 amide bonds. The summed E-state index contributed by atoms with van der Waals surface area (Å²) in [5.41, 5.74) is 1.32. The van der Waals surface area contributed by atoms with Crippen LogP contribution in [-0.4, -0.2) is 13.7 Å².